The summed E-state index contributed by atoms with van der Waals surface area (Å²) in [5.41, 5.74) is 2.99. The highest BCUT2D eigenvalue weighted by molar-refractivity contribution is 8.03. The van der Waals surface area contributed by atoms with E-state index in [0.717, 1.165) is 5.03 Å². The molecule has 0 aliphatic carbocycles. The molecule has 1 atom stereocenters. The summed E-state index contributed by atoms with van der Waals surface area (Å²) in [7, 11) is 2.04. The van der Waals surface area contributed by atoms with Gasteiger partial charge in [-0.2, -0.15) is 0 Å². The van der Waals surface area contributed by atoms with Crippen LogP contribution in [0.3, 0.4) is 0 Å². The molecule has 1 unspecified atom stereocenters. The maximum Gasteiger partial charge on any atom is 0.356 e. The number of hydrogen-bond donors (Lipinski definition) is 1. The van der Waals surface area contributed by atoms with Crippen molar-refractivity contribution in [1.29, 1.82) is 0 Å². The number of fused-ring (bicyclic) bond motifs is 1. The lowest BCUT2D eigenvalue weighted by Crippen LogP contribution is -2.16. The molecule has 0 radical (unpaired) electrons. The van der Waals surface area contributed by atoms with Crippen molar-refractivity contribution in [1.82, 2.24) is 5.32 Å². The summed E-state index contributed by atoms with van der Waals surface area (Å²) in [6, 6.07) is 6.28. The van der Waals surface area contributed by atoms with Crippen molar-refractivity contribution >= 4 is 23.4 Å². The average molecular weight is 288 g/mol. The third kappa shape index (κ3) is 2.18. The van der Waals surface area contributed by atoms with Crippen molar-refractivity contribution in [3.8, 4) is 0 Å². The van der Waals surface area contributed by atoms with Crippen LogP contribution in [0.2, 0.25) is 0 Å². The number of para-hydroxylation sites is 1. The standard InChI is InChI=1S/C15H16N2O2S/c1-9-5-4-6-12-14(9)17(3)13(20-12)8-7-11-15(18)19-10(2)16-11/h4-8,10,16H,1-3H3. The van der Waals surface area contributed by atoms with Crippen LogP contribution in [-0.4, -0.2) is 19.2 Å². The van der Waals surface area contributed by atoms with Gasteiger partial charge in [0.15, 0.2) is 6.23 Å². The van der Waals surface area contributed by atoms with Crippen molar-refractivity contribution in [3.63, 3.8) is 0 Å². The summed E-state index contributed by atoms with van der Waals surface area (Å²) in [5.74, 6) is -0.298. The molecule has 1 N–H and O–H groups in total. The SMILES string of the molecule is Cc1cccc2c1N(C)C(=CC=C1NC(C)OC1=O)S2. The van der Waals surface area contributed by atoms with E-state index >= 15 is 0 Å². The molecule has 0 bridgehead atoms. The Morgan fingerprint density at radius 3 is 2.85 bits per heavy atom. The van der Waals surface area contributed by atoms with Crippen molar-refractivity contribution < 1.29 is 9.53 Å². The van der Waals surface area contributed by atoms with E-state index < -0.39 is 0 Å². The third-order valence-corrected chi connectivity index (χ3v) is 4.50. The fourth-order valence-corrected chi connectivity index (χ4v) is 3.51. The number of allylic oxidation sites excluding steroid dienone is 2. The molecule has 1 aromatic rings. The highest BCUT2D eigenvalue weighted by atomic mass is 32.2. The maximum absolute atomic E-state index is 11.5. The monoisotopic (exact) mass is 288 g/mol. The predicted octanol–water partition coefficient (Wildman–Crippen LogP) is 2.75. The second-order valence-electron chi connectivity index (χ2n) is 4.86. The van der Waals surface area contributed by atoms with Gasteiger partial charge in [0.05, 0.1) is 10.7 Å². The van der Waals surface area contributed by atoms with Gasteiger partial charge in [0.25, 0.3) is 0 Å². The number of benzene rings is 1. The Labute approximate surface area is 122 Å². The molecule has 1 aromatic carbocycles. The van der Waals surface area contributed by atoms with Crippen LogP contribution in [-0.2, 0) is 9.53 Å². The summed E-state index contributed by atoms with van der Waals surface area (Å²) < 4.78 is 5.03. The van der Waals surface area contributed by atoms with Crippen LogP contribution in [0.25, 0.3) is 0 Å². The summed E-state index contributed by atoms with van der Waals surface area (Å²) in [4.78, 5) is 14.9. The first-order valence-corrected chi connectivity index (χ1v) is 7.28. The first-order valence-electron chi connectivity index (χ1n) is 6.47. The Balaban J connectivity index is 1.87. The molecule has 0 saturated carbocycles. The van der Waals surface area contributed by atoms with Crippen molar-refractivity contribution in [2.45, 2.75) is 25.0 Å². The second kappa shape index (κ2) is 4.90. The van der Waals surface area contributed by atoms with E-state index in [1.54, 1.807) is 17.8 Å². The zero-order chi connectivity index (χ0) is 14.3. The Morgan fingerprint density at radius 1 is 1.40 bits per heavy atom. The topological polar surface area (TPSA) is 41.6 Å². The lowest BCUT2D eigenvalue weighted by molar-refractivity contribution is -0.138. The number of carbonyl (C=O) groups excluding carboxylic acids is 1. The van der Waals surface area contributed by atoms with Crippen molar-refractivity contribution in [3.05, 3.63) is 46.6 Å². The fourth-order valence-electron chi connectivity index (χ4n) is 2.38. The van der Waals surface area contributed by atoms with Crippen molar-refractivity contribution in [2.24, 2.45) is 0 Å². The van der Waals surface area contributed by atoms with Crippen LogP contribution in [0.4, 0.5) is 5.69 Å². The van der Waals surface area contributed by atoms with Gasteiger partial charge in [-0.15, -0.1) is 0 Å². The number of cyclic esters (lactones) is 1. The second-order valence-corrected chi connectivity index (χ2v) is 5.92. The van der Waals surface area contributed by atoms with Gasteiger partial charge in [0, 0.05) is 11.9 Å². The molecule has 1 fully saturated rings. The lowest BCUT2D eigenvalue weighted by Gasteiger charge is -2.15. The third-order valence-electron chi connectivity index (χ3n) is 3.34. The smallest absolute Gasteiger partial charge is 0.356 e. The Hall–Kier alpha value is -1.88. The molecule has 20 heavy (non-hydrogen) atoms. The largest absolute Gasteiger partial charge is 0.437 e. The number of thioether (sulfide) groups is 1. The van der Waals surface area contributed by atoms with E-state index in [2.05, 4.69) is 35.3 Å². The van der Waals surface area contributed by atoms with Gasteiger partial charge in [-0.3, -0.25) is 0 Å². The summed E-state index contributed by atoms with van der Waals surface area (Å²) in [6.45, 7) is 3.91. The van der Waals surface area contributed by atoms with Crippen LogP contribution < -0.4 is 10.2 Å². The quantitative estimate of drug-likeness (QED) is 0.636. The molecule has 4 nitrogen and oxygen atoms in total. The average Bonchev–Trinajstić information content (AvgIpc) is 2.88. The van der Waals surface area contributed by atoms with E-state index in [0.29, 0.717) is 5.70 Å². The fraction of sp³-hybridized carbons (Fsp3) is 0.267. The van der Waals surface area contributed by atoms with Gasteiger partial charge >= 0.3 is 5.97 Å². The number of aryl methyl sites for hydroxylation is 1. The summed E-state index contributed by atoms with van der Waals surface area (Å²) in [6.07, 6.45) is 3.48. The number of anilines is 1. The number of hydrogen-bond acceptors (Lipinski definition) is 5. The molecule has 2 heterocycles. The first kappa shape index (κ1) is 13.1. The number of nitrogens with one attached hydrogen (secondary N) is 1. The number of ether oxygens (including phenoxy) is 1. The molecule has 3 rings (SSSR count). The van der Waals surface area contributed by atoms with E-state index in [4.69, 9.17) is 4.74 Å². The van der Waals surface area contributed by atoms with Crippen LogP contribution >= 0.6 is 11.8 Å². The molecule has 0 aromatic heterocycles. The Kier molecular flexibility index (Phi) is 3.22. The molecule has 2 aliphatic rings. The van der Waals surface area contributed by atoms with Crippen LogP contribution in [0.5, 0.6) is 0 Å². The zero-order valence-corrected chi connectivity index (χ0v) is 12.5. The van der Waals surface area contributed by atoms with Gasteiger partial charge in [-0.1, -0.05) is 23.9 Å². The van der Waals surface area contributed by atoms with Gasteiger partial charge in [0.2, 0.25) is 0 Å². The van der Waals surface area contributed by atoms with E-state index in [1.165, 1.54) is 16.1 Å². The highest BCUT2D eigenvalue weighted by Gasteiger charge is 2.25. The Morgan fingerprint density at radius 2 is 2.20 bits per heavy atom. The molecule has 2 aliphatic heterocycles. The zero-order valence-electron chi connectivity index (χ0n) is 11.6. The predicted molar refractivity (Wildman–Crippen MR) is 80.3 cm³/mol. The number of carbonyl (C=O) groups is 1. The molecule has 0 amide bonds. The normalized spacial score (nSPS) is 25.1. The van der Waals surface area contributed by atoms with Crippen LogP contribution in [0, 0.1) is 6.92 Å². The minimum Gasteiger partial charge on any atom is -0.437 e. The number of rotatable bonds is 1. The summed E-state index contributed by atoms with van der Waals surface area (Å²) >= 11 is 1.71. The van der Waals surface area contributed by atoms with Crippen LogP contribution in [0.1, 0.15) is 12.5 Å². The van der Waals surface area contributed by atoms with E-state index in [-0.39, 0.29) is 12.2 Å². The van der Waals surface area contributed by atoms with Gasteiger partial charge in [-0.25, -0.2) is 4.79 Å². The van der Waals surface area contributed by atoms with Crippen LogP contribution in [0.15, 0.2) is 46.0 Å². The molecule has 5 heteroatoms. The molecule has 104 valence electrons. The van der Waals surface area contributed by atoms with Crippen molar-refractivity contribution in [2.75, 3.05) is 11.9 Å². The maximum atomic E-state index is 11.5. The molecular weight excluding hydrogens is 272 g/mol. The minimum atomic E-state index is -0.298. The lowest BCUT2D eigenvalue weighted by atomic mass is 10.2. The van der Waals surface area contributed by atoms with Gasteiger partial charge in [0.1, 0.15) is 5.70 Å². The summed E-state index contributed by atoms with van der Waals surface area (Å²) in [5, 5.41) is 4.09. The molecular formula is C15H16N2O2S. The first-order chi connectivity index (χ1) is 9.56. The van der Waals surface area contributed by atoms with Gasteiger partial charge in [-0.05, 0) is 37.6 Å². The highest BCUT2D eigenvalue weighted by Crippen LogP contribution is 2.46. The van der Waals surface area contributed by atoms with E-state index in [9.17, 15) is 4.79 Å². The Bertz CT molecular complexity index is 637. The van der Waals surface area contributed by atoms with E-state index in [1.807, 2.05) is 20.0 Å². The minimum absolute atomic E-state index is 0.249. The molecule has 1 saturated heterocycles. The molecule has 0 spiro atoms. The number of nitrogens with zero attached hydrogens (tertiary/aromatic N) is 1. The van der Waals surface area contributed by atoms with Gasteiger partial charge < -0.3 is 15.0 Å². The number of esters is 1.